The van der Waals surface area contributed by atoms with Gasteiger partial charge >= 0.3 is 6.61 Å². The summed E-state index contributed by atoms with van der Waals surface area (Å²) in [5.41, 5.74) is 0.555. The van der Waals surface area contributed by atoms with E-state index in [-0.39, 0.29) is 35.3 Å². The van der Waals surface area contributed by atoms with E-state index in [1.54, 1.807) is 25.1 Å². The third kappa shape index (κ3) is 4.03. The number of amides is 1. The monoisotopic (exact) mass is 355 g/mol. The minimum absolute atomic E-state index is 0.00839. The molecule has 1 saturated carbocycles. The number of para-hydroxylation sites is 1. The Hall–Kier alpha value is -1.89. The Labute approximate surface area is 145 Å². The summed E-state index contributed by atoms with van der Waals surface area (Å²) in [6, 6.07) is 4.92. The van der Waals surface area contributed by atoms with Gasteiger partial charge in [0.05, 0.1) is 6.61 Å². The van der Waals surface area contributed by atoms with Gasteiger partial charge in [-0.3, -0.25) is 4.79 Å². The number of alkyl halides is 2. The summed E-state index contributed by atoms with van der Waals surface area (Å²) >= 11 is 0. The maximum Gasteiger partial charge on any atom is 0.387 e. The van der Waals surface area contributed by atoms with E-state index in [9.17, 15) is 13.6 Å². The third-order valence-corrected chi connectivity index (χ3v) is 5.02. The maximum atomic E-state index is 12.7. The predicted molar refractivity (Wildman–Crippen MR) is 86.7 cm³/mol. The van der Waals surface area contributed by atoms with Crippen molar-refractivity contribution in [1.82, 2.24) is 5.32 Å². The molecule has 1 spiro atoms. The summed E-state index contributed by atoms with van der Waals surface area (Å²) in [7, 11) is 0. The second-order valence-corrected chi connectivity index (χ2v) is 6.51. The van der Waals surface area contributed by atoms with Crippen molar-refractivity contribution in [1.29, 1.82) is 0 Å². The molecule has 1 amide bonds. The van der Waals surface area contributed by atoms with Gasteiger partial charge < -0.3 is 19.5 Å². The van der Waals surface area contributed by atoms with Gasteiger partial charge in [-0.1, -0.05) is 12.1 Å². The Balaban J connectivity index is 1.64. The van der Waals surface area contributed by atoms with Gasteiger partial charge in [-0.2, -0.15) is 8.78 Å². The first kappa shape index (κ1) is 17.9. The zero-order valence-electron chi connectivity index (χ0n) is 14.2. The zero-order chi connectivity index (χ0) is 17.9. The van der Waals surface area contributed by atoms with Crippen molar-refractivity contribution in [2.45, 2.75) is 39.3 Å². The van der Waals surface area contributed by atoms with Crippen LogP contribution in [0.3, 0.4) is 0 Å². The van der Waals surface area contributed by atoms with E-state index in [4.69, 9.17) is 9.47 Å². The molecule has 0 aromatic heterocycles. The molecule has 7 heteroatoms. The Morgan fingerprint density at radius 2 is 2.16 bits per heavy atom. The molecule has 1 aliphatic carbocycles. The quantitative estimate of drug-likeness (QED) is 0.816. The number of carbonyl (C=O) groups is 1. The van der Waals surface area contributed by atoms with Crippen LogP contribution < -0.4 is 14.8 Å². The van der Waals surface area contributed by atoms with E-state index in [1.807, 2.05) is 0 Å². The van der Waals surface area contributed by atoms with Gasteiger partial charge in [0, 0.05) is 31.2 Å². The van der Waals surface area contributed by atoms with Gasteiger partial charge in [-0.15, -0.1) is 0 Å². The van der Waals surface area contributed by atoms with Crippen molar-refractivity contribution in [2.24, 2.45) is 11.3 Å². The average Bonchev–Trinajstić information content (AvgIpc) is 3.28. The van der Waals surface area contributed by atoms with Crippen LogP contribution in [0.2, 0.25) is 0 Å². The number of ether oxygens (including phenoxy) is 3. The molecule has 1 heterocycles. The molecule has 0 bridgehead atoms. The molecule has 5 nitrogen and oxygen atoms in total. The molecule has 1 aromatic carbocycles. The van der Waals surface area contributed by atoms with Gasteiger partial charge in [-0.25, -0.2) is 0 Å². The van der Waals surface area contributed by atoms with Crippen LogP contribution in [0.15, 0.2) is 18.2 Å². The lowest BCUT2D eigenvalue weighted by atomic mass is 9.93. The van der Waals surface area contributed by atoms with E-state index in [0.717, 1.165) is 19.3 Å². The van der Waals surface area contributed by atoms with E-state index in [2.05, 4.69) is 10.1 Å². The molecule has 1 aliphatic heterocycles. The van der Waals surface area contributed by atoms with Gasteiger partial charge in [-0.05, 0) is 37.7 Å². The Kier molecular flexibility index (Phi) is 5.42. The SMILES string of the molecule is CCOc1cccc(CNC(=O)C2CC23CCOCC3)c1OC(F)F. The molecule has 1 unspecified atom stereocenters. The summed E-state index contributed by atoms with van der Waals surface area (Å²) < 4.78 is 40.8. The summed E-state index contributed by atoms with van der Waals surface area (Å²) in [5.74, 6) is 0.191. The molecular formula is C18H23F2NO4. The summed E-state index contributed by atoms with van der Waals surface area (Å²) in [6.07, 6.45) is 2.69. The second kappa shape index (κ2) is 7.56. The number of benzene rings is 1. The Bertz CT molecular complexity index is 617. The molecule has 1 saturated heterocycles. The highest BCUT2D eigenvalue weighted by Gasteiger charge is 2.57. The fraction of sp³-hybridized carbons (Fsp3) is 0.611. The largest absolute Gasteiger partial charge is 0.490 e. The van der Waals surface area contributed by atoms with Gasteiger partial charge in [0.1, 0.15) is 0 Å². The minimum atomic E-state index is -2.95. The lowest BCUT2D eigenvalue weighted by Gasteiger charge is -2.22. The number of carbonyl (C=O) groups excluding carboxylic acids is 1. The summed E-state index contributed by atoms with van der Waals surface area (Å²) in [6.45, 7) is 0.678. The smallest absolute Gasteiger partial charge is 0.387 e. The number of rotatable bonds is 7. The van der Waals surface area contributed by atoms with E-state index >= 15 is 0 Å². The van der Waals surface area contributed by atoms with Crippen LogP contribution in [0.5, 0.6) is 11.5 Å². The van der Waals surface area contributed by atoms with E-state index in [0.29, 0.717) is 25.4 Å². The second-order valence-electron chi connectivity index (χ2n) is 6.51. The molecule has 3 rings (SSSR count). The van der Waals surface area contributed by atoms with Crippen LogP contribution in [0.25, 0.3) is 0 Å². The molecule has 0 radical (unpaired) electrons. The van der Waals surface area contributed by atoms with Crippen molar-refractivity contribution in [3.8, 4) is 11.5 Å². The number of hydrogen-bond acceptors (Lipinski definition) is 4. The van der Waals surface area contributed by atoms with Crippen molar-refractivity contribution in [3.63, 3.8) is 0 Å². The molecular weight excluding hydrogens is 332 g/mol. The Morgan fingerprint density at radius 3 is 2.84 bits per heavy atom. The summed E-state index contributed by atoms with van der Waals surface area (Å²) in [5, 5.41) is 2.86. The third-order valence-electron chi connectivity index (χ3n) is 5.02. The predicted octanol–water partition coefficient (Wildman–Crippen LogP) is 3.12. The fourth-order valence-electron chi connectivity index (χ4n) is 3.55. The summed E-state index contributed by atoms with van der Waals surface area (Å²) in [4.78, 5) is 12.4. The van der Waals surface area contributed by atoms with Gasteiger partial charge in [0.25, 0.3) is 0 Å². The topological polar surface area (TPSA) is 56.8 Å². The normalized spacial score (nSPS) is 21.2. The van der Waals surface area contributed by atoms with Crippen LogP contribution in [0.1, 0.15) is 31.7 Å². The van der Waals surface area contributed by atoms with Crippen molar-refractivity contribution in [2.75, 3.05) is 19.8 Å². The molecule has 1 aromatic rings. The zero-order valence-corrected chi connectivity index (χ0v) is 14.2. The lowest BCUT2D eigenvalue weighted by molar-refractivity contribution is -0.123. The highest BCUT2D eigenvalue weighted by Crippen LogP contribution is 2.59. The van der Waals surface area contributed by atoms with Crippen LogP contribution >= 0.6 is 0 Å². The average molecular weight is 355 g/mol. The molecule has 2 fully saturated rings. The van der Waals surface area contributed by atoms with Gasteiger partial charge in [0.15, 0.2) is 11.5 Å². The highest BCUT2D eigenvalue weighted by molar-refractivity contribution is 5.82. The van der Waals surface area contributed by atoms with Crippen molar-refractivity contribution < 1.29 is 27.8 Å². The number of hydrogen-bond donors (Lipinski definition) is 1. The first-order chi connectivity index (χ1) is 12.1. The molecule has 25 heavy (non-hydrogen) atoms. The van der Waals surface area contributed by atoms with Crippen LogP contribution in [-0.4, -0.2) is 32.3 Å². The number of halogens is 2. The van der Waals surface area contributed by atoms with Crippen LogP contribution in [0, 0.1) is 11.3 Å². The highest BCUT2D eigenvalue weighted by atomic mass is 19.3. The minimum Gasteiger partial charge on any atom is -0.490 e. The van der Waals surface area contributed by atoms with Gasteiger partial charge in [0.2, 0.25) is 5.91 Å². The van der Waals surface area contributed by atoms with E-state index < -0.39 is 6.61 Å². The molecule has 138 valence electrons. The van der Waals surface area contributed by atoms with Crippen molar-refractivity contribution in [3.05, 3.63) is 23.8 Å². The first-order valence-corrected chi connectivity index (χ1v) is 8.61. The fourth-order valence-corrected chi connectivity index (χ4v) is 3.55. The molecule has 1 atom stereocenters. The molecule has 1 N–H and O–H groups in total. The standard InChI is InChI=1S/C18H23F2NO4/c1-2-24-14-5-3-4-12(15(14)25-17(19)20)11-21-16(22)13-10-18(13)6-8-23-9-7-18/h3-5,13,17H,2,6-11H2,1H3,(H,21,22). The van der Waals surface area contributed by atoms with Crippen LogP contribution in [0.4, 0.5) is 8.78 Å². The first-order valence-electron chi connectivity index (χ1n) is 8.61. The van der Waals surface area contributed by atoms with Crippen LogP contribution in [-0.2, 0) is 16.1 Å². The Morgan fingerprint density at radius 1 is 1.40 bits per heavy atom. The van der Waals surface area contributed by atoms with Crippen molar-refractivity contribution >= 4 is 5.91 Å². The van der Waals surface area contributed by atoms with E-state index in [1.165, 1.54) is 0 Å². The number of nitrogens with one attached hydrogen (secondary N) is 1. The maximum absolute atomic E-state index is 12.7. The lowest BCUT2D eigenvalue weighted by Crippen LogP contribution is -2.29. The molecule has 2 aliphatic rings.